The number of hydrogen-bond donors (Lipinski definition) is 2. The highest BCUT2D eigenvalue weighted by molar-refractivity contribution is 6.35. The molecule has 0 bridgehead atoms. The zero-order chi connectivity index (χ0) is 26.7. The maximum absolute atomic E-state index is 13.3. The average molecular weight is 559 g/mol. The summed E-state index contributed by atoms with van der Waals surface area (Å²) in [6, 6.07) is 17.8. The fraction of sp³-hybridized carbons (Fsp3) is 0.148. The fourth-order valence-electron chi connectivity index (χ4n) is 3.91. The molecule has 0 spiro atoms. The van der Waals surface area contributed by atoms with Crippen LogP contribution in [0, 0.1) is 6.92 Å². The van der Waals surface area contributed by atoms with E-state index < -0.39 is 17.9 Å². The smallest absolute Gasteiger partial charge is 0.326 e. The molecule has 190 valence electrons. The Morgan fingerprint density at radius 3 is 2.24 bits per heavy atom. The van der Waals surface area contributed by atoms with Crippen molar-refractivity contribution in [2.24, 2.45) is 0 Å². The van der Waals surface area contributed by atoms with Crippen molar-refractivity contribution in [3.63, 3.8) is 0 Å². The first-order chi connectivity index (χ1) is 17.7. The number of carbonyl (C=O) groups is 2. The van der Waals surface area contributed by atoms with Crippen molar-refractivity contribution >= 4 is 46.7 Å². The number of nitrogens with zero attached hydrogens (tertiary/aromatic N) is 2. The number of halogens is 3. The summed E-state index contributed by atoms with van der Waals surface area (Å²) in [4.78, 5) is 25.3. The largest absolute Gasteiger partial charge is 0.497 e. The van der Waals surface area contributed by atoms with Gasteiger partial charge < -0.3 is 15.2 Å². The number of carboxylic acids is 1. The highest BCUT2D eigenvalue weighted by Gasteiger charge is 2.27. The van der Waals surface area contributed by atoms with Crippen LogP contribution in [0.15, 0.2) is 66.7 Å². The summed E-state index contributed by atoms with van der Waals surface area (Å²) in [6.45, 7) is 1.74. The number of ether oxygens (including phenoxy) is 1. The Hall–Kier alpha value is -3.52. The Morgan fingerprint density at radius 2 is 1.65 bits per heavy atom. The molecule has 0 radical (unpaired) electrons. The topological polar surface area (TPSA) is 93.5 Å². The van der Waals surface area contributed by atoms with Gasteiger partial charge in [-0.2, -0.15) is 5.10 Å². The highest BCUT2D eigenvalue weighted by atomic mass is 35.5. The van der Waals surface area contributed by atoms with Crippen LogP contribution in [0.3, 0.4) is 0 Å². The molecule has 1 heterocycles. The first-order valence-corrected chi connectivity index (χ1v) is 12.3. The van der Waals surface area contributed by atoms with Crippen molar-refractivity contribution in [1.29, 1.82) is 0 Å². The lowest BCUT2D eigenvalue weighted by Gasteiger charge is -2.14. The number of carbonyl (C=O) groups excluding carboxylic acids is 1. The number of nitrogens with one attached hydrogen (secondary N) is 1. The van der Waals surface area contributed by atoms with Crippen molar-refractivity contribution in [1.82, 2.24) is 15.1 Å². The van der Waals surface area contributed by atoms with Crippen LogP contribution in [0.25, 0.3) is 16.9 Å². The monoisotopic (exact) mass is 557 g/mol. The molecule has 2 N–H and O–H groups in total. The van der Waals surface area contributed by atoms with Gasteiger partial charge in [0.1, 0.15) is 11.8 Å². The van der Waals surface area contributed by atoms with Gasteiger partial charge in [0.2, 0.25) is 0 Å². The van der Waals surface area contributed by atoms with Crippen LogP contribution in [-0.4, -0.2) is 39.9 Å². The highest BCUT2D eigenvalue weighted by Crippen LogP contribution is 2.33. The van der Waals surface area contributed by atoms with E-state index in [2.05, 4.69) is 10.4 Å². The average Bonchev–Trinajstić information content (AvgIpc) is 3.21. The van der Waals surface area contributed by atoms with Crippen LogP contribution in [0.1, 0.15) is 21.6 Å². The van der Waals surface area contributed by atoms with E-state index in [0.717, 1.165) is 11.1 Å². The molecule has 1 unspecified atom stereocenters. The molecule has 4 rings (SSSR count). The number of benzene rings is 3. The molecule has 0 saturated heterocycles. The first kappa shape index (κ1) is 26.5. The zero-order valence-electron chi connectivity index (χ0n) is 19.8. The van der Waals surface area contributed by atoms with Gasteiger partial charge >= 0.3 is 5.97 Å². The minimum atomic E-state index is -1.18. The van der Waals surface area contributed by atoms with Gasteiger partial charge in [-0.1, -0.05) is 59.1 Å². The number of amides is 1. The van der Waals surface area contributed by atoms with Crippen molar-refractivity contribution in [3.05, 3.63) is 98.6 Å². The predicted octanol–water partition coefficient (Wildman–Crippen LogP) is 6.24. The van der Waals surface area contributed by atoms with E-state index in [4.69, 9.17) is 39.5 Å². The molecule has 3 aromatic carbocycles. The number of hydrogen-bond acceptors (Lipinski definition) is 4. The number of carboxylic acid groups (broad SMARTS) is 1. The lowest BCUT2D eigenvalue weighted by Crippen LogP contribution is -2.42. The van der Waals surface area contributed by atoms with E-state index in [-0.39, 0.29) is 12.1 Å². The Balaban J connectivity index is 1.72. The lowest BCUT2D eigenvalue weighted by molar-refractivity contribution is -0.139. The van der Waals surface area contributed by atoms with Crippen molar-refractivity contribution in [2.45, 2.75) is 19.4 Å². The van der Waals surface area contributed by atoms with Gasteiger partial charge in [0, 0.05) is 27.6 Å². The molecular formula is C27H22Cl3N3O4. The van der Waals surface area contributed by atoms with Crippen molar-refractivity contribution in [2.75, 3.05) is 7.11 Å². The minimum absolute atomic E-state index is 0.0666. The van der Waals surface area contributed by atoms with Gasteiger partial charge in [-0.3, -0.25) is 4.79 Å². The van der Waals surface area contributed by atoms with E-state index >= 15 is 0 Å². The van der Waals surface area contributed by atoms with Crippen LogP contribution in [-0.2, 0) is 11.2 Å². The molecule has 1 amide bonds. The second-order valence-corrected chi connectivity index (χ2v) is 9.53. The molecular weight excluding hydrogens is 537 g/mol. The van der Waals surface area contributed by atoms with Gasteiger partial charge in [-0.15, -0.1) is 0 Å². The molecule has 4 aromatic rings. The Bertz CT molecular complexity index is 1450. The Morgan fingerprint density at radius 1 is 1.00 bits per heavy atom. The molecule has 1 atom stereocenters. The normalized spacial score (nSPS) is 11.7. The fourth-order valence-corrected chi connectivity index (χ4v) is 4.52. The first-order valence-electron chi connectivity index (χ1n) is 11.2. The standard InChI is InChI=1S/C27H22Cl3N3O4/c1-15-24(26(34)31-22(27(35)36)13-16-3-10-20(37-2)11-4-16)32-33(23-12-9-19(29)14-21(23)30)25(15)17-5-7-18(28)8-6-17/h3-12,14,22H,13H2,1-2H3,(H,31,34)(H,35,36). The quantitative estimate of drug-likeness (QED) is 0.267. The molecule has 0 aliphatic rings. The van der Waals surface area contributed by atoms with Crippen LogP contribution in [0.2, 0.25) is 15.1 Å². The number of aliphatic carboxylic acids is 1. The van der Waals surface area contributed by atoms with Crippen molar-refractivity contribution in [3.8, 4) is 22.7 Å². The van der Waals surface area contributed by atoms with E-state index in [1.165, 1.54) is 0 Å². The molecule has 10 heteroatoms. The summed E-state index contributed by atoms with van der Waals surface area (Å²) in [5.74, 6) is -1.14. The second kappa shape index (κ2) is 11.3. The molecule has 0 aliphatic carbocycles. The summed E-state index contributed by atoms with van der Waals surface area (Å²) < 4.78 is 6.69. The van der Waals surface area contributed by atoms with E-state index in [9.17, 15) is 14.7 Å². The zero-order valence-corrected chi connectivity index (χ0v) is 22.1. The van der Waals surface area contributed by atoms with Crippen LogP contribution in [0.5, 0.6) is 5.75 Å². The number of methoxy groups -OCH3 is 1. The third kappa shape index (κ3) is 5.91. The third-order valence-corrected chi connectivity index (χ3v) is 6.58. The van der Waals surface area contributed by atoms with Crippen LogP contribution in [0.4, 0.5) is 0 Å². The summed E-state index contributed by atoms with van der Waals surface area (Å²) >= 11 is 18.6. The van der Waals surface area contributed by atoms with E-state index in [0.29, 0.717) is 37.8 Å². The van der Waals surface area contributed by atoms with E-state index in [1.807, 2.05) is 0 Å². The maximum Gasteiger partial charge on any atom is 0.326 e. The van der Waals surface area contributed by atoms with Gasteiger partial charge in [0.15, 0.2) is 5.69 Å². The van der Waals surface area contributed by atoms with Gasteiger partial charge in [0.25, 0.3) is 5.91 Å². The Labute approximate surface area is 228 Å². The molecule has 7 nitrogen and oxygen atoms in total. The predicted molar refractivity (Wildman–Crippen MR) is 144 cm³/mol. The molecule has 0 saturated carbocycles. The summed E-state index contributed by atoms with van der Waals surface area (Å²) in [7, 11) is 1.55. The maximum atomic E-state index is 13.3. The van der Waals surface area contributed by atoms with Gasteiger partial charge in [-0.05, 0) is 55.0 Å². The van der Waals surface area contributed by atoms with E-state index in [1.54, 1.807) is 85.4 Å². The lowest BCUT2D eigenvalue weighted by atomic mass is 10.0. The second-order valence-electron chi connectivity index (χ2n) is 8.25. The number of aromatic nitrogens is 2. The third-order valence-electron chi connectivity index (χ3n) is 5.80. The van der Waals surface area contributed by atoms with Crippen LogP contribution >= 0.6 is 34.8 Å². The molecule has 37 heavy (non-hydrogen) atoms. The molecule has 0 fully saturated rings. The minimum Gasteiger partial charge on any atom is -0.497 e. The van der Waals surface area contributed by atoms with Gasteiger partial charge in [0.05, 0.1) is 23.5 Å². The van der Waals surface area contributed by atoms with Crippen LogP contribution < -0.4 is 10.1 Å². The summed E-state index contributed by atoms with van der Waals surface area (Å²) in [6.07, 6.45) is 0.0812. The Kier molecular flexibility index (Phi) is 8.07. The number of rotatable bonds is 8. The SMILES string of the molecule is COc1ccc(CC(NC(=O)c2nn(-c3ccc(Cl)cc3Cl)c(-c3ccc(Cl)cc3)c2C)C(=O)O)cc1. The van der Waals surface area contributed by atoms with Gasteiger partial charge in [-0.25, -0.2) is 9.48 Å². The summed E-state index contributed by atoms with van der Waals surface area (Å²) in [5.41, 5.74) is 3.19. The molecule has 0 aliphatic heterocycles. The summed E-state index contributed by atoms with van der Waals surface area (Å²) in [5, 5.41) is 18.3. The van der Waals surface area contributed by atoms with Crippen molar-refractivity contribution < 1.29 is 19.4 Å². The molecule has 1 aromatic heterocycles.